The van der Waals surface area contributed by atoms with Crippen molar-refractivity contribution in [1.29, 1.82) is 0 Å². The minimum Gasteiger partial charge on any atom is -0.449 e. The van der Waals surface area contributed by atoms with E-state index in [0.717, 1.165) is 0 Å². The van der Waals surface area contributed by atoms with Crippen LogP contribution in [0.2, 0.25) is 0 Å². The van der Waals surface area contributed by atoms with Gasteiger partial charge in [-0.15, -0.1) is 0 Å². The number of ether oxygens (including phenoxy) is 1. The molecule has 0 heterocycles. The Kier molecular flexibility index (Phi) is 5.14. The highest BCUT2D eigenvalue weighted by atomic mass is 16.5. The van der Waals surface area contributed by atoms with Crippen LogP contribution in [0.1, 0.15) is 49.1 Å². The Bertz CT molecular complexity index is 1080. The fourth-order valence-electron chi connectivity index (χ4n) is 2.94. The molecule has 4 N–H and O–H groups in total. The van der Waals surface area contributed by atoms with E-state index in [1.807, 2.05) is 5.32 Å². The number of amides is 3. The number of nitrogens with two attached hydrogens (primary N) is 1. The van der Waals surface area contributed by atoms with Gasteiger partial charge in [-0.1, -0.05) is 24.3 Å². The number of esters is 1. The van der Waals surface area contributed by atoms with Crippen molar-refractivity contribution in [2.45, 2.75) is 13.0 Å². The summed E-state index contributed by atoms with van der Waals surface area (Å²) in [7, 11) is 1.32. The maximum absolute atomic E-state index is 12.8. The molecule has 0 saturated carbocycles. The highest BCUT2D eigenvalue weighted by Gasteiger charge is 2.33. The summed E-state index contributed by atoms with van der Waals surface area (Å²) in [5.41, 5.74) is 6.13. The summed E-state index contributed by atoms with van der Waals surface area (Å²) >= 11 is 0. The number of benzene rings is 2. The Labute approximate surface area is 165 Å². The molecule has 2 aromatic rings. The Hall–Kier alpha value is -4.01. The van der Waals surface area contributed by atoms with Gasteiger partial charge in [0.25, 0.3) is 5.91 Å². The lowest BCUT2D eigenvalue weighted by molar-refractivity contribution is -0.127. The third-order valence-electron chi connectivity index (χ3n) is 4.47. The molecular weight excluding hydrogens is 378 g/mol. The average Bonchev–Trinajstić information content (AvgIpc) is 2.71. The zero-order valence-electron chi connectivity index (χ0n) is 15.6. The van der Waals surface area contributed by atoms with Crippen molar-refractivity contribution in [3.63, 3.8) is 0 Å². The van der Waals surface area contributed by atoms with Gasteiger partial charge >= 0.3 is 12.0 Å². The van der Waals surface area contributed by atoms with Crippen molar-refractivity contribution < 1.29 is 28.7 Å². The van der Waals surface area contributed by atoms with E-state index >= 15 is 0 Å². The molecule has 9 nitrogen and oxygen atoms in total. The van der Waals surface area contributed by atoms with Crippen molar-refractivity contribution in [3.8, 4) is 0 Å². The van der Waals surface area contributed by atoms with E-state index in [1.165, 1.54) is 32.2 Å². The van der Waals surface area contributed by atoms with Crippen LogP contribution >= 0.6 is 0 Å². The molecule has 2 aromatic carbocycles. The molecular formula is C20H17N3O6. The molecule has 0 fully saturated rings. The van der Waals surface area contributed by atoms with Gasteiger partial charge in [0.1, 0.15) is 0 Å². The normalized spacial score (nSPS) is 13.0. The van der Waals surface area contributed by atoms with Crippen LogP contribution in [0.3, 0.4) is 0 Å². The summed E-state index contributed by atoms with van der Waals surface area (Å²) in [6.07, 6.45) is -1.30. The quantitative estimate of drug-likeness (QED) is 0.444. The number of rotatable bonds is 3. The Morgan fingerprint density at radius 3 is 2.21 bits per heavy atom. The molecule has 0 saturated heterocycles. The SMILES string of the molecule is CNC(=O)NC(=O)[C@@H](C)OC(=O)c1ccc2c(c1N)C(=O)c1ccccc1C2=O. The van der Waals surface area contributed by atoms with Crippen molar-refractivity contribution in [2.75, 3.05) is 12.8 Å². The van der Waals surface area contributed by atoms with E-state index in [2.05, 4.69) is 5.32 Å². The van der Waals surface area contributed by atoms with Crippen LogP contribution in [0.15, 0.2) is 36.4 Å². The number of imide groups is 1. The van der Waals surface area contributed by atoms with Crippen molar-refractivity contribution in [1.82, 2.24) is 10.6 Å². The maximum atomic E-state index is 12.8. The van der Waals surface area contributed by atoms with E-state index in [9.17, 15) is 24.0 Å². The molecule has 29 heavy (non-hydrogen) atoms. The van der Waals surface area contributed by atoms with Gasteiger partial charge in [-0.25, -0.2) is 9.59 Å². The Morgan fingerprint density at radius 1 is 0.966 bits per heavy atom. The average molecular weight is 395 g/mol. The van der Waals surface area contributed by atoms with Crippen LogP contribution in [-0.2, 0) is 9.53 Å². The van der Waals surface area contributed by atoms with Crippen LogP contribution in [0, 0.1) is 0 Å². The molecule has 1 aliphatic carbocycles. The van der Waals surface area contributed by atoms with E-state index < -0.39 is 29.8 Å². The lowest BCUT2D eigenvalue weighted by atomic mass is 9.82. The van der Waals surface area contributed by atoms with E-state index in [4.69, 9.17) is 10.5 Å². The summed E-state index contributed by atoms with van der Waals surface area (Å²) in [6.45, 7) is 1.27. The van der Waals surface area contributed by atoms with Crippen molar-refractivity contribution in [2.24, 2.45) is 0 Å². The van der Waals surface area contributed by atoms with E-state index in [0.29, 0.717) is 0 Å². The molecule has 3 rings (SSSR count). The number of hydrogen-bond acceptors (Lipinski definition) is 7. The fraction of sp³-hybridized carbons (Fsp3) is 0.150. The Morgan fingerprint density at radius 2 is 1.59 bits per heavy atom. The number of hydrogen-bond donors (Lipinski definition) is 3. The first kappa shape index (κ1) is 19.7. The lowest BCUT2D eigenvalue weighted by Gasteiger charge is -2.20. The molecule has 0 aromatic heterocycles. The molecule has 1 atom stereocenters. The molecule has 148 valence electrons. The highest BCUT2D eigenvalue weighted by Crippen LogP contribution is 2.32. The number of nitrogens with one attached hydrogen (secondary N) is 2. The number of nitrogen functional groups attached to an aromatic ring is 1. The van der Waals surface area contributed by atoms with Gasteiger partial charge in [0, 0.05) is 23.7 Å². The third kappa shape index (κ3) is 3.45. The molecule has 0 spiro atoms. The minimum absolute atomic E-state index is 0.0781. The molecule has 0 unspecified atom stereocenters. The van der Waals surface area contributed by atoms with Gasteiger partial charge in [-0.3, -0.25) is 19.7 Å². The molecule has 1 aliphatic rings. The summed E-state index contributed by atoms with van der Waals surface area (Å²) in [6, 6.07) is 8.16. The van der Waals surface area contributed by atoms with Crippen LogP contribution in [0.5, 0.6) is 0 Å². The second-order valence-electron chi connectivity index (χ2n) is 6.27. The van der Waals surface area contributed by atoms with Crippen LogP contribution in [-0.4, -0.2) is 42.6 Å². The Balaban J connectivity index is 1.90. The van der Waals surface area contributed by atoms with Gasteiger partial charge in [-0.05, 0) is 19.1 Å². The van der Waals surface area contributed by atoms with E-state index in [-0.39, 0.29) is 39.3 Å². The number of anilines is 1. The smallest absolute Gasteiger partial charge is 0.341 e. The van der Waals surface area contributed by atoms with Gasteiger partial charge in [-0.2, -0.15) is 0 Å². The maximum Gasteiger partial charge on any atom is 0.341 e. The minimum atomic E-state index is -1.30. The van der Waals surface area contributed by atoms with Crippen LogP contribution in [0.4, 0.5) is 10.5 Å². The van der Waals surface area contributed by atoms with Gasteiger partial charge in [0.05, 0.1) is 16.8 Å². The summed E-state index contributed by atoms with van der Waals surface area (Å²) in [5, 5.41) is 4.17. The first-order chi connectivity index (χ1) is 13.8. The fourth-order valence-corrected chi connectivity index (χ4v) is 2.94. The van der Waals surface area contributed by atoms with Crippen LogP contribution in [0.25, 0.3) is 0 Å². The second kappa shape index (κ2) is 7.55. The lowest BCUT2D eigenvalue weighted by Crippen LogP contribution is -2.43. The molecule has 9 heteroatoms. The number of urea groups is 1. The highest BCUT2D eigenvalue weighted by molar-refractivity contribution is 6.30. The second-order valence-corrected chi connectivity index (χ2v) is 6.27. The molecule has 0 aliphatic heterocycles. The van der Waals surface area contributed by atoms with Gasteiger partial charge in [0.15, 0.2) is 17.7 Å². The molecule has 0 radical (unpaired) electrons. The first-order valence-electron chi connectivity index (χ1n) is 8.60. The third-order valence-corrected chi connectivity index (χ3v) is 4.47. The zero-order chi connectivity index (χ0) is 21.3. The number of carbonyl (C=O) groups is 5. The zero-order valence-corrected chi connectivity index (χ0v) is 15.6. The number of ketones is 2. The summed E-state index contributed by atoms with van der Waals surface area (Å²) in [4.78, 5) is 61.0. The monoisotopic (exact) mass is 395 g/mol. The van der Waals surface area contributed by atoms with Crippen molar-refractivity contribution >= 4 is 35.2 Å². The number of carbonyl (C=O) groups excluding carboxylic acids is 5. The topological polar surface area (TPSA) is 145 Å². The largest absolute Gasteiger partial charge is 0.449 e. The standard InChI is InChI=1S/C20H17N3O6/c1-9(18(26)23-20(28)22-2)29-19(27)13-8-7-12-14(15(13)21)17(25)11-6-4-3-5-10(11)16(12)24/h3-9H,21H2,1-2H3,(H2,22,23,26,28)/t9-/m1/s1. The van der Waals surface area contributed by atoms with Crippen molar-refractivity contribution in [3.05, 3.63) is 64.2 Å². The van der Waals surface area contributed by atoms with Gasteiger partial charge < -0.3 is 15.8 Å². The van der Waals surface area contributed by atoms with Crippen LogP contribution < -0.4 is 16.4 Å². The summed E-state index contributed by atoms with van der Waals surface area (Å²) in [5.74, 6) is -2.66. The first-order valence-corrected chi connectivity index (χ1v) is 8.60. The molecule has 0 bridgehead atoms. The summed E-state index contributed by atoms with van der Waals surface area (Å²) < 4.78 is 5.04. The predicted molar refractivity (Wildman–Crippen MR) is 102 cm³/mol. The van der Waals surface area contributed by atoms with E-state index in [1.54, 1.807) is 18.2 Å². The number of fused-ring (bicyclic) bond motifs is 2. The van der Waals surface area contributed by atoms with Gasteiger partial charge in [0.2, 0.25) is 0 Å². The molecule has 3 amide bonds. The predicted octanol–water partition coefficient (Wildman–Crippen LogP) is 1.05.